The third-order valence-corrected chi connectivity index (χ3v) is 3.23. The van der Waals surface area contributed by atoms with Crippen molar-refractivity contribution in [2.75, 3.05) is 43.8 Å². The number of carbonyl (C=O) groups excluding carboxylic acids is 2. The number of hydrogen-bond donors (Lipinski definition) is 2. The van der Waals surface area contributed by atoms with Gasteiger partial charge in [-0.15, -0.1) is 0 Å². The van der Waals surface area contributed by atoms with Gasteiger partial charge in [0.25, 0.3) is 0 Å². The number of nitrogen functional groups attached to an aromatic ring is 1. The van der Waals surface area contributed by atoms with Crippen LogP contribution in [-0.2, 0) is 4.74 Å². The predicted octanol–water partition coefficient (Wildman–Crippen LogP) is 1.57. The summed E-state index contributed by atoms with van der Waals surface area (Å²) in [7, 11) is 0. The van der Waals surface area contributed by atoms with Crippen molar-refractivity contribution in [2.45, 2.75) is 6.92 Å². The Morgan fingerprint density at radius 3 is 2.52 bits per heavy atom. The lowest BCUT2D eigenvalue weighted by Gasteiger charge is -2.34. The van der Waals surface area contributed by atoms with Gasteiger partial charge >= 0.3 is 12.1 Å². The average molecular weight is 292 g/mol. The fourth-order valence-corrected chi connectivity index (χ4v) is 2.13. The summed E-state index contributed by atoms with van der Waals surface area (Å²) in [6.07, 6.45) is -0.326. The van der Waals surface area contributed by atoms with E-state index >= 15 is 0 Å². The number of nitrogens with zero attached hydrogens (tertiary/aromatic N) is 2. The standard InChI is InChI=1S/C14H20N4O3/c1-2-21-14(20)18-8-6-17(7-9-18)13(19)16-12-5-3-4-11(15)10-12/h3-5,10H,2,6-9,15H2,1H3,(H,16,19). The summed E-state index contributed by atoms with van der Waals surface area (Å²) in [5, 5.41) is 2.79. The van der Waals surface area contributed by atoms with Gasteiger partial charge in [0.1, 0.15) is 0 Å². The molecule has 0 saturated carbocycles. The Morgan fingerprint density at radius 1 is 1.24 bits per heavy atom. The summed E-state index contributed by atoms with van der Waals surface area (Å²) < 4.78 is 4.94. The van der Waals surface area contributed by atoms with Gasteiger partial charge in [0.15, 0.2) is 0 Å². The summed E-state index contributed by atoms with van der Waals surface area (Å²) in [6, 6.07) is 6.83. The second kappa shape index (κ2) is 6.83. The molecule has 3 amide bonds. The highest BCUT2D eigenvalue weighted by Crippen LogP contribution is 2.13. The van der Waals surface area contributed by atoms with E-state index in [0.29, 0.717) is 44.2 Å². The smallest absolute Gasteiger partial charge is 0.409 e. The molecule has 0 bridgehead atoms. The molecule has 0 spiro atoms. The van der Waals surface area contributed by atoms with Crippen LogP contribution in [0.25, 0.3) is 0 Å². The van der Waals surface area contributed by atoms with E-state index < -0.39 is 0 Å². The fourth-order valence-electron chi connectivity index (χ4n) is 2.13. The van der Waals surface area contributed by atoms with Crippen LogP contribution in [0, 0.1) is 0 Å². The molecule has 7 heteroatoms. The third kappa shape index (κ3) is 4.01. The maximum atomic E-state index is 12.1. The zero-order valence-corrected chi connectivity index (χ0v) is 12.0. The molecule has 1 saturated heterocycles. The first-order chi connectivity index (χ1) is 10.1. The van der Waals surface area contributed by atoms with Gasteiger partial charge in [-0.2, -0.15) is 0 Å². The van der Waals surface area contributed by atoms with Crippen LogP contribution in [-0.4, -0.2) is 54.7 Å². The number of piperazine rings is 1. The molecular weight excluding hydrogens is 272 g/mol. The normalized spacial score (nSPS) is 14.7. The molecule has 3 N–H and O–H groups in total. The Bertz CT molecular complexity index is 513. The lowest BCUT2D eigenvalue weighted by molar-refractivity contribution is 0.0868. The molecule has 0 aromatic heterocycles. The van der Waals surface area contributed by atoms with Crippen LogP contribution in [0.3, 0.4) is 0 Å². The average Bonchev–Trinajstić information content (AvgIpc) is 2.47. The number of benzene rings is 1. The summed E-state index contributed by atoms with van der Waals surface area (Å²) in [5.74, 6) is 0. The van der Waals surface area contributed by atoms with Gasteiger partial charge in [-0.3, -0.25) is 0 Å². The third-order valence-electron chi connectivity index (χ3n) is 3.23. The number of nitrogens with two attached hydrogens (primary N) is 1. The molecule has 7 nitrogen and oxygen atoms in total. The Hall–Kier alpha value is -2.44. The number of rotatable bonds is 2. The molecule has 0 atom stereocenters. The van der Waals surface area contributed by atoms with Crippen molar-refractivity contribution in [1.82, 2.24) is 9.80 Å². The highest BCUT2D eigenvalue weighted by Gasteiger charge is 2.24. The quantitative estimate of drug-likeness (QED) is 0.810. The summed E-state index contributed by atoms with van der Waals surface area (Å²) in [6.45, 7) is 4.04. The minimum absolute atomic E-state index is 0.191. The van der Waals surface area contributed by atoms with Gasteiger partial charge in [0.2, 0.25) is 0 Å². The molecule has 114 valence electrons. The number of ether oxygens (including phenoxy) is 1. The number of carbonyl (C=O) groups is 2. The van der Waals surface area contributed by atoms with Crippen LogP contribution in [0.1, 0.15) is 6.92 Å². The van der Waals surface area contributed by atoms with Crippen molar-refractivity contribution in [3.8, 4) is 0 Å². The van der Waals surface area contributed by atoms with E-state index in [2.05, 4.69) is 5.32 Å². The molecule has 1 aromatic rings. The van der Waals surface area contributed by atoms with Gasteiger partial charge in [-0.05, 0) is 25.1 Å². The fraction of sp³-hybridized carbons (Fsp3) is 0.429. The van der Waals surface area contributed by atoms with Gasteiger partial charge < -0.3 is 25.6 Å². The number of anilines is 2. The van der Waals surface area contributed by atoms with E-state index in [1.54, 1.807) is 41.0 Å². The Kier molecular flexibility index (Phi) is 4.86. The summed E-state index contributed by atoms with van der Waals surface area (Å²) >= 11 is 0. The van der Waals surface area contributed by atoms with Crippen molar-refractivity contribution in [2.24, 2.45) is 0 Å². The van der Waals surface area contributed by atoms with Gasteiger partial charge in [0, 0.05) is 37.6 Å². The van der Waals surface area contributed by atoms with Crippen LogP contribution >= 0.6 is 0 Å². The minimum Gasteiger partial charge on any atom is -0.450 e. The largest absolute Gasteiger partial charge is 0.450 e. The maximum Gasteiger partial charge on any atom is 0.409 e. The number of hydrogen-bond acceptors (Lipinski definition) is 4. The zero-order chi connectivity index (χ0) is 15.2. The molecule has 1 aliphatic heterocycles. The zero-order valence-electron chi connectivity index (χ0n) is 12.0. The second-order valence-electron chi connectivity index (χ2n) is 4.73. The van der Waals surface area contributed by atoms with E-state index in [4.69, 9.17) is 10.5 Å². The van der Waals surface area contributed by atoms with Crippen molar-refractivity contribution in [3.05, 3.63) is 24.3 Å². The highest BCUT2D eigenvalue weighted by atomic mass is 16.6. The number of urea groups is 1. The molecule has 21 heavy (non-hydrogen) atoms. The van der Waals surface area contributed by atoms with Gasteiger partial charge in [0.05, 0.1) is 6.61 Å². The Balaban J connectivity index is 1.84. The van der Waals surface area contributed by atoms with Crippen LogP contribution in [0.15, 0.2) is 24.3 Å². The van der Waals surface area contributed by atoms with Crippen LogP contribution in [0.4, 0.5) is 21.0 Å². The maximum absolute atomic E-state index is 12.1. The molecule has 1 fully saturated rings. The minimum atomic E-state index is -0.326. The van der Waals surface area contributed by atoms with Crippen molar-refractivity contribution >= 4 is 23.5 Å². The van der Waals surface area contributed by atoms with Crippen molar-refractivity contribution in [3.63, 3.8) is 0 Å². The van der Waals surface area contributed by atoms with E-state index in [-0.39, 0.29) is 12.1 Å². The molecular formula is C14H20N4O3. The highest BCUT2D eigenvalue weighted by molar-refractivity contribution is 5.90. The lowest BCUT2D eigenvalue weighted by Crippen LogP contribution is -2.51. The number of amides is 3. The first-order valence-corrected chi connectivity index (χ1v) is 6.93. The molecule has 1 heterocycles. The van der Waals surface area contributed by atoms with Crippen LogP contribution < -0.4 is 11.1 Å². The predicted molar refractivity (Wildman–Crippen MR) is 80.0 cm³/mol. The van der Waals surface area contributed by atoms with Crippen LogP contribution in [0.2, 0.25) is 0 Å². The summed E-state index contributed by atoms with van der Waals surface area (Å²) in [4.78, 5) is 27.0. The monoisotopic (exact) mass is 292 g/mol. The molecule has 1 aliphatic rings. The molecule has 0 unspecified atom stereocenters. The lowest BCUT2D eigenvalue weighted by atomic mass is 10.3. The second-order valence-corrected chi connectivity index (χ2v) is 4.73. The van der Waals surface area contributed by atoms with E-state index in [1.807, 2.05) is 0 Å². The Labute approximate surface area is 123 Å². The first-order valence-electron chi connectivity index (χ1n) is 6.93. The van der Waals surface area contributed by atoms with E-state index in [1.165, 1.54) is 0 Å². The van der Waals surface area contributed by atoms with Crippen LogP contribution in [0.5, 0.6) is 0 Å². The number of nitrogens with one attached hydrogen (secondary N) is 1. The van der Waals surface area contributed by atoms with Crippen molar-refractivity contribution in [1.29, 1.82) is 0 Å². The van der Waals surface area contributed by atoms with Gasteiger partial charge in [-0.25, -0.2) is 9.59 Å². The Morgan fingerprint density at radius 2 is 1.90 bits per heavy atom. The van der Waals surface area contributed by atoms with Gasteiger partial charge in [-0.1, -0.05) is 6.07 Å². The summed E-state index contributed by atoms with van der Waals surface area (Å²) in [5.41, 5.74) is 6.93. The first kappa shape index (κ1) is 15.0. The van der Waals surface area contributed by atoms with Crippen molar-refractivity contribution < 1.29 is 14.3 Å². The topological polar surface area (TPSA) is 87.9 Å². The van der Waals surface area contributed by atoms with E-state index in [0.717, 1.165) is 0 Å². The SMILES string of the molecule is CCOC(=O)N1CCN(C(=O)Nc2cccc(N)c2)CC1. The molecule has 2 rings (SSSR count). The van der Waals surface area contributed by atoms with E-state index in [9.17, 15) is 9.59 Å². The molecule has 0 radical (unpaired) electrons. The molecule has 1 aromatic carbocycles. The molecule has 0 aliphatic carbocycles.